The molecule has 1 fully saturated rings. The van der Waals surface area contributed by atoms with Crippen molar-refractivity contribution >= 4 is 58.2 Å². The number of carbonyl (C=O) groups excluding carboxylic acids is 1. The van der Waals surface area contributed by atoms with Gasteiger partial charge in [-0.3, -0.25) is 14.5 Å². The minimum absolute atomic E-state index is 0.0563. The third kappa shape index (κ3) is 5.55. The SMILES string of the molecule is CCC(Oc1cccc(/C=C2\SC(=S)N(C(CC(=O)O)C(=O)O)C2=O)c1)C(=O)O. The van der Waals surface area contributed by atoms with Crippen LogP contribution in [0.15, 0.2) is 29.2 Å². The second kappa shape index (κ2) is 9.52. The van der Waals surface area contributed by atoms with Gasteiger partial charge < -0.3 is 20.1 Å². The van der Waals surface area contributed by atoms with Crippen LogP contribution in [-0.4, -0.2) is 60.5 Å². The van der Waals surface area contributed by atoms with E-state index in [1.165, 1.54) is 12.1 Å². The number of carboxylic acid groups (broad SMARTS) is 3. The van der Waals surface area contributed by atoms with Gasteiger partial charge in [0.15, 0.2) is 6.10 Å². The van der Waals surface area contributed by atoms with Crippen molar-refractivity contribution in [1.82, 2.24) is 4.90 Å². The quantitative estimate of drug-likeness (QED) is 0.387. The maximum absolute atomic E-state index is 12.6. The van der Waals surface area contributed by atoms with E-state index < -0.39 is 42.4 Å². The first-order valence-electron chi connectivity index (χ1n) is 8.35. The van der Waals surface area contributed by atoms with Crippen LogP contribution in [0, 0.1) is 0 Å². The molecule has 11 heteroatoms. The summed E-state index contributed by atoms with van der Waals surface area (Å²) in [4.78, 5) is 47.0. The molecule has 0 aromatic heterocycles. The lowest BCUT2D eigenvalue weighted by Gasteiger charge is -2.21. The molecule has 1 aromatic carbocycles. The number of hydrogen-bond acceptors (Lipinski definition) is 7. The van der Waals surface area contributed by atoms with Crippen molar-refractivity contribution < 1.29 is 39.2 Å². The van der Waals surface area contributed by atoms with Crippen molar-refractivity contribution in [2.75, 3.05) is 0 Å². The molecular weight excluding hydrogens is 422 g/mol. The van der Waals surface area contributed by atoms with Crippen LogP contribution in [0.1, 0.15) is 25.3 Å². The fourth-order valence-electron chi connectivity index (χ4n) is 2.50. The van der Waals surface area contributed by atoms with Crippen LogP contribution in [0.2, 0.25) is 0 Å². The molecule has 9 nitrogen and oxygen atoms in total. The standard InChI is InChI=1S/C18H17NO8S2/c1-2-12(17(25)26)27-10-5-3-4-9(6-10)7-13-15(22)19(18(28)29-13)11(16(23)24)8-14(20)21/h3-7,11-12H,2,8H2,1H3,(H,20,21)(H,23,24)(H,25,26)/b13-7-. The number of ether oxygens (including phenoxy) is 1. The maximum Gasteiger partial charge on any atom is 0.344 e. The monoisotopic (exact) mass is 439 g/mol. The maximum atomic E-state index is 12.6. The van der Waals surface area contributed by atoms with Gasteiger partial charge >= 0.3 is 17.9 Å². The third-order valence-electron chi connectivity index (χ3n) is 3.87. The average Bonchev–Trinajstić information content (AvgIpc) is 2.90. The molecule has 29 heavy (non-hydrogen) atoms. The summed E-state index contributed by atoms with van der Waals surface area (Å²) < 4.78 is 5.36. The van der Waals surface area contributed by atoms with Gasteiger partial charge in [-0.05, 0) is 30.2 Å². The Morgan fingerprint density at radius 2 is 1.93 bits per heavy atom. The highest BCUT2D eigenvalue weighted by molar-refractivity contribution is 8.26. The highest BCUT2D eigenvalue weighted by Gasteiger charge is 2.41. The van der Waals surface area contributed by atoms with Crippen LogP contribution < -0.4 is 4.74 Å². The van der Waals surface area contributed by atoms with Crippen LogP contribution in [0.5, 0.6) is 5.75 Å². The first-order chi connectivity index (χ1) is 13.6. The molecule has 0 aliphatic carbocycles. The van der Waals surface area contributed by atoms with Gasteiger partial charge in [-0.1, -0.05) is 43.0 Å². The Balaban J connectivity index is 2.27. The van der Waals surface area contributed by atoms with Gasteiger partial charge in [-0.25, -0.2) is 9.59 Å². The summed E-state index contributed by atoms with van der Waals surface area (Å²) in [6.45, 7) is 1.67. The molecular formula is C18H17NO8S2. The second-order valence-corrected chi connectivity index (χ2v) is 7.60. The molecule has 2 rings (SSSR count). The summed E-state index contributed by atoms with van der Waals surface area (Å²) >= 11 is 5.92. The van der Waals surface area contributed by atoms with Gasteiger partial charge in [0.05, 0.1) is 11.3 Å². The number of amides is 1. The van der Waals surface area contributed by atoms with E-state index in [-0.39, 0.29) is 21.4 Å². The van der Waals surface area contributed by atoms with Crippen LogP contribution in [0.4, 0.5) is 0 Å². The molecule has 0 spiro atoms. The zero-order valence-corrected chi connectivity index (χ0v) is 16.7. The fourth-order valence-corrected chi connectivity index (χ4v) is 3.86. The van der Waals surface area contributed by atoms with Crippen molar-refractivity contribution in [1.29, 1.82) is 0 Å². The van der Waals surface area contributed by atoms with E-state index in [0.717, 1.165) is 16.7 Å². The molecule has 1 aliphatic rings. The summed E-state index contributed by atoms with van der Waals surface area (Å²) in [6, 6.07) is 4.75. The molecule has 0 radical (unpaired) electrons. The Morgan fingerprint density at radius 3 is 2.48 bits per heavy atom. The molecule has 3 N–H and O–H groups in total. The van der Waals surface area contributed by atoms with Crippen molar-refractivity contribution in [3.05, 3.63) is 34.7 Å². The Hall–Kier alpha value is -2.92. The Kier molecular flexibility index (Phi) is 7.35. The lowest BCUT2D eigenvalue weighted by Crippen LogP contribution is -2.45. The van der Waals surface area contributed by atoms with Gasteiger partial charge in [0.2, 0.25) is 0 Å². The van der Waals surface area contributed by atoms with Crippen molar-refractivity contribution in [3.8, 4) is 5.75 Å². The van der Waals surface area contributed by atoms with Gasteiger partial charge in [0.1, 0.15) is 16.1 Å². The van der Waals surface area contributed by atoms with Crippen molar-refractivity contribution in [2.45, 2.75) is 31.9 Å². The zero-order chi connectivity index (χ0) is 21.7. The predicted octanol–water partition coefficient (Wildman–Crippen LogP) is 2.06. The van der Waals surface area contributed by atoms with E-state index >= 15 is 0 Å². The van der Waals surface area contributed by atoms with E-state index in [0.29, 0.717) is 5.56 Å². The number of nitrogens with zero attached hydrogens (tertiary/aromatic N) is 1. The van der Waals surface area contributed by atoms with E-state index in [2.05, 4.69) is 0 Å². The molecule has 1 saturated heterocycles. The summed E-state index contributed by atoms with van der Waals surface area (Å²) in [5.41, 5.74) is 0.508. The number of benzene rings is 1. The molecule has 1 aromatic rings. The average molecular weight is 439 g/mol. The van der Waals surface area contributed by atoms with Crippen LogP contribution >= 0.6 is 24.0 Å². The lowest BCUT2D eigenvalue weighted by atomic mass is 10.1. The molecule has 154 valence electrons. The molecule has 2 unspecified atom stereocenters. The van der Waals surface area contributed by atoms with Crippen LogP contribution in [0.25, 0.3) is 6.08 Å². The minimum atomic E-state index is -1.61. The number of carboxylic acids is 3. The largest absolute Gasteiger partial charge is 0.481 e. The highest BCUT2D eigenvalue weighted by atomic mass is 32.2. The number of carbonyl (C=O) groups is 4. The molecule has 1 heterocycles. The topological polar surface area (TPSA) is 141 Å². The normalized spacial score (nSPS) is 17.3. The molecule has 1 aliphatic heterocycles. The number of thioether (sulfide) groups is 1. The second-order valence-electron chi connectivity index (χ2n) is 5.93. The summed E-state index contributed by atoms with van der Waals surface area (Å²) in [6.07, 6.45) is -0.0893. The molecule has 0 saturated carbocycles. The lowest BCUT2D eigenvalue weighted by molar-refractivity contribution is -0.150. The number of thiocarbonyl (C=S) groups is 1. The third-order valence-corrected chi connectivity index (χ3v) is 5.20. The Morgan fingerprint density at radius 1 is 1.24 bits per heavy atom. The molecule has 1 amide bonds. The number of aliphatic carboxylic acids is 3. The van der Waals surface area contributed by atoms with Gasteiger partial charge in [-0.2, -0.15) is 0 Å². The highest BCUT2D eigenvalue weighted by Crippen LogP contribution is 2.35. The van der Waals surface area contributed by atoms with Gasteiger partial charge in [0, 0.05) is 0 Å². The van der Waals surface area contributed by atoms with E-state index in [4.69, 9.17) is 27.2 Å². The number of hydrogen-bond donors (Lipinski definition) is 3. The Bertz CT molecular complexity index is 898. The van der Waals surface area contributed by atoms with E-state index in [9.17, 15) is 24.3 Å². The smallest absolute Gasteiger partial charge is 0.344 e. The van der Waals surface area contributed by atoms with Crippen molar-refractivity contribution in [2.24, 2.45) is 0 Å². The zero-order valence-electron chi connectivity index (χ0n) is 15.1. The summed E-state index contributed by atoms with van der Waals surface area (Å²) in [5.74, 6) is -4.37. The summed E-state index contributed by atoms with van der Waals surface area (Å²) in [5, 5.41) is 27.3. The first kappa shape index (κ1) is 22.4. The summed E-state index contributed by atoms with van der Waals surface area (Å²) in [7, 11) is 0. The minimum Gasteiger partial charge on any atom is -0.481 e. The van der Waals surface area contributed by atoms with Gasteiger partial charge in [0.25, 0.3) is 5.91 Å². The van der Waals surface area contributed by atoms with E-state index in [1.54, 1.807) is 25.1 Å². The van der Waals surface area contributed by atoms with E-state index in [1.807, 2.05) is 0 Å². The van der Waals surface area contributed by atoms with Crippen LogP contribution in [0.3, 0.4) is 0 Å². The molecule has 2 atom stereocenters. The van der Waals surface area contributed by atoms with Crippen LogP contribution in [-0.2, 0) is 19.2 Å². The fraction of sp³-hybridized carbons (Fsp3) is 0.278. The van der Waals surface area contributed by atoms with Gasteiger partial charge in [-0.15, -0.1) is 0 Å². The Labute approximate surface area is 174 Å². The van der Waals surface area contributed by atoms with Crippen molar-refractivity contribution in [3.63, 3.8) is 0 Å². The number of rotatable bonds is 9. The first-order valence-corrected chi connectivity index (χ1v) is 9.57. The predicted molar refractivity (Wildman–Crippen MR) is 107 cm³/mol. The molecule has 0 bridgehead atoms.